The molecule has 1 amide bonds. The summed E-state index contributed by atoms with van der Waals surface area (Å²) < 4.78 is 18.6. The summed E-state index contributed by atoms with van der Waals surface area (Å²) in [6.07, 6.45) is 1.61. The highest BCUT2D eigenvalue weighted by atomic mass is 19.1. The Morgan fingerprint density at radius 2 is 1.88 bits per heavy atom. The number of hydrogen-bond acceptors (Lipinski definition) is 2. The van der Waals surface area contributed by atoms with Gasteiger partial charge < -0.3 is 10.1 Å². The van der Waals surface area contributed by atoms with E-state index in [4.69, 9.17) is 4.74 Å². The Labute approximate surface area is 149 Å². The van der Waals surface area contributed by atoms with E-state index in [1.807, 2.05) is 13.0 Å². The Morgan fingerprint density at radius 1 is 1.16 bits per heavy atom. The molecular weight excluding hydrogens is 317 g/mol. The fraction of sp³-hybridized carbons (Fsp3) is 0.381. The van der Waals surface area contributed by atoms with Crippen molar-refractivity contribution < 1.29 is 13.9 Å². The molecule has 25 heavy (non-hydrogen) atoms. The van der Waals surface area contributed by atoms with Crippen molar-refractivity contribution in [1.29, 1.82) is 0 Å². The molecule has 2 rings (SSSR count). The lowest BCUT2D eigenvalue weighted by molar-refractivity contribution is -0.123. The van der Waals surface area contributed by atoms with Crippen LogP contribution in [0.1, 0.15) is 42.9 Å². The highest BCUT2D eigenvalue weighted by Crippen LogP contribution is 2.27. The predicted octanol–water partition coefficient (Wildman–Crippen LogP) is 4.39. The van der Waals surface area contributed by atoms with Gasteiger partial charge in [0.25, 0.3) is 5.91 Å². The van der Waals surface area contributed by atoms with E-state index in [2.05, 4.69) is 31.3 Å². The van der Waals surface area contributed by atoms with Gasteiger partial charge in [-0.15, -0.1) is 0 Å². The van der Waals surface area contributed by atoms with Crippen LogP contribution < -0.4 is 10.1 Å². The summed E-state index contributed by atoms with van der Waals surface area (Å²) in [7, 11) is 0. The number of amides is 1. The van der Waals surface area contributed by atoms with Crippen LogP contribution in [-0.4, -0.2) is 19.1 Å². The van der Waals surface area contributed by atoms with Crippen molar-refractivity contribution in [3.63, 3.8) is 0 Å². The number of nitrogens with one attached hydrogen (secondary N) is 1. The van der Waals surface area contributed by atoms with E-state index in [0.717, 1.165) is 35.3 Å². The van der Waals surface area contributed by atoms with Gasteiger partial charge in [0, 0.05) is 6.54 Å². The molecule has 0 saturated carbocycles. The molecule has 0 aliphatic heterocycles. The standard InChI is InChI=1S/C21H26FNO2/c1-15(2)19-11-6-16(3)13-20(19)25-14-21(24)23-12-4-5-17-7-9-18(22)10-8-17/h6-11,13,15H,4-5,12,14H2,1-3H3,(H,23,24). The van der Waals surface area contributed by atoms with Crippen LogP contribution in [-0.2, 0) is 11.2 Å². The molecule has 0 aliphatic carbocycles. The zero-order valence-electron chi connectivity index (χ0n) is 15.1. The SMILES string of the molecule is Cc1ccc(C(C)C)c(OCC(=O)NCCCc2ccc(F)cc2)c1. The number of aryl methyl sites for hydroxylation is 2. The lowest BCUT2D eigenvalue weighted by atomic mass is 10.0. The molecule has 0 saturated heterocycles. The van der Waals surface area contributed by atoms with E-state index in [-0.39, 0.29) is 18.3 Å². The normalized spacial score (nSPS) is 10.8. The smallest absolute Gasteiger partial charge is 0.257 e. The average Bonchev–Trinajstić information content (AvgIpc) is 2.58. The third kappa shape index (κ3) is 6.22. The Kier molecular flexibility index (Phi) is 6.99. The van der Waals surface area contributed by atoms with Crippen LogP contribution in [0.2, 0.25) is 0 Å². The summed E-state index contributed by atoms with van der Waals surface area (Å²) in [4.78, 5) is 12.0. The van der Waals surface area contributed by atoms with Gasteiger partial charge in [0.1, 0.15) is 11.6 Å². The highest BCUT2D eigenvalue weighted by Gasteiger charge is 2.10. The number of ether oxygens (including phenoxy) is 1. The van der Waals surface area contributed by atoms with Crippen LogP contribution in [0.15, 0.2) is 42.5 Å². The molecule has 1 N–H and O–H groups in total. The fourth-order valence-corrected chi connectivity index (χ4v) is 2.61. The maximum absolute atomic E-state index is 12.8. The molecule has 134 valence electrons. The van der Waals surface area contributed by atoms with E-state index >= 15 is 0 Å². The zero-order chi connectivity index (χ0) is 18.2. The van der Waals surface area contributed by atoms with Crippen molar-refractivity contribution >= 4 is 5.91 Å². The molecule has 0 fully saturated rings. The Hall–Kier alpha value is -2.36. The maximum atomic E-state index is 12.8. The molecule has 4 heteroatoms. The van der Waals surface area contributed by atoms with E-state index in [1.165, 1.54) is 12.1 Å². The summed E-state index contributed by atoms with van der Waals surface area (Å²) >= 11 is 0. The van der Waals surface area contributed by atoms with Crippen LogP contribution in [0.5, 0.6) is 5.75 Å². The van der Waals surface area contributed by atoms with Crippen LogP contribution >= 0.6 is 0 Å². The van der Waals surface area contributed by atoms with Crippen molar-refractivity contribution in [3.05, 3.63) is 65.0 Å². The first-order chi connectivity index (χ1) is 12.0. The molecule has 0 aliphatic rings. The first-order valence-electron chi connectivity index (χ1n) is 8.70. The van der Waals surface area contributed by atoms with Crippen molar-refractivity contribution in [2.75, 3.05) is 13.2 Å². The molecule has 0 bridgehead atoms. The first kappa shape index (κ1) is 19.0. The molecule has 0 radical (unpaired) electrons. The van der Waals surface area contributed by atoms with Crippen LogP contribution in [0.25, 0.3) is 0 Å². The average molecular weight is 343 g/mol. The highest BCUT2D eigenvalue weighted by molar-refractivity contribution is 5.77. The summed E-state index contributed by atoms with van der Waals surface area (Å²) in [5.74, 6) is 0.757. The quantitative estimate of drug-likeness (QED) is 0.722. The van der Waals surface area contributed by atoms with E-state index in [0.29, 0.717) is 12.5 Å². The number of hydrogen-bond donors (Lipinski definition) is 1. The Bertz CT molecular complexity index is 696. The summed E-state index contributed by atoms with van der Waals surface area (Å²) in [6, 6.07) is 12.5. The van der Waals surface area contributed by atoms with E-state index < -0.39 is 0 Å². The van der Waals surface area contributed by atoms with Crippen molar-refractivity contribution in [1.82, 2.24) is 5.32 Å². The second-order valence-corrected chi connectivity index (χ2v) is 6.56. The molecule has 3 nitrogen and oxygen atoms in total. The second kappa shape index (κ2) is 9.21. The van der Waals surface area contributed by atoms with Crippen LogP contribution in [0.4, 0.5) is 4.39 Å². The fourth-order valence-electron chi connectivity index (χ4n) is 2.61. The van der Waals surface area contributed by atoms with Gasteiger partial charge in [-0.2, -0.15) is 0 Å². The molecule has 2 aromatic carbocycles. The molecule has 0 aromatic heterocycles. The van der Waals surface area contributed by atoms with Gasteiger partial charge in [-0.05, 0) is 60.6 Å². The molecule has 0 heterocycles. The predicted molar refractivity (Wildman–Crippen MR) is 98.5 cm³/mol. The molecule has 0 unspecified atom stereocenters. The minimum absolute atomic E-state index is 0.0136. The van der Waals surface area contributed by atoms with Crippen LogP contribution in [0.3, 0.4) is 0 Å². The monoisotopic (exact) mass is 343 g/mol. The number of rotatable bonds is 8. The van der Waals surface area contributed by atoms with Crippen molar-refractivity contribution in [2.24, 2.45) is 0 Å². The zero-order valence-corrected chi connectivity index (χ0v) is 15.1. The minimum Gasteiger partial charge on any atom is -0.483 e. The summed E-state index contributed by atoms with van der Waals surface area (Å²) in [6.45, 7) is 6.80. The number of halogens is 1. The summed E-state index contributed by atoms with van der Waals surface area (Å²) in [5, 5.41) is 2.86. The van der Waals surface area contributed by atoms with Crippen LogP contribution in [0, 0.1) is 12.7 Å². The Balaban J connectivity index is 1.74. The van der Waals surface area contributed by atoms with Gasteiger partial charge >= 0.3 is 0 Å². The topological polar surface area (TPSA) is 38.3 Å². The summed E-state index contributed by atoms with van der Waals surface area (Å²) in [5.41, 5.74) is 3.28. The third-order valence-corrected chi connectivity index (χ3v) is 4.03. The van der Waals surface area contributed by atoms with Crippen molar-refractivity contribution in [2.45, 2.75) is 39.5 Å². The molecule has 0 atom stereocenters. The second-order valence-electron chi connectivity index (χ2n) is 6.56. The third-order valence-electron chi connectivity index (χ3n) is 4.03. The molecule has 2 aromatic rings. The van der Waals surface area contributed by atoms with E-state index in [9.17, 15) is 9.18 Å². The maximum Gasteiger partial charge on any atom is 0.257 e. The molecule has 0 spiro atoms. The van der Waals surface area contributed by atoms with Gasteiger partial charge in [0.2, 0.25) is 0 Å². The number of carbonyl (C=O) groups is 1. The van der Waals surface area contributed by atoms with Crippen molar-refractivity contribution in [3.8, 4) is 5.75 Å². The van der Waals surface area contributed by atoms with Gasteiger partial charge in [0.15, 0.2) is 6.61 Å². The lowest BCUT2D eigenvalue weighted by Gasteiger charge is -2.14. The van der Waals surface area contributed by atoms with Gasteiger partial charge in [-0.1, -0.05) is 38.1 Å². The minimum atomic E-state index is -0.230. The first-order valence-corrected chi connectivity index (χ1v) is 8.70. The van der Waals surface area contributed by atoms with Gasteiger partial charge in [-0.25, -0.2) is 4.39 Å². The van der Waals surface area contributed by atoms with Gasteiger partial charge in [-0.3, -0.25) is 4.79 Å². The van der Waals surface area contributed by atoms with Gasteiger partial charge in [0.05, 0.1) is 0 Å². The molecular formula is C21H26FNO2. The number of benzene rings is 2. The largest absolute Gasteiger partial charge is 0.483 e. The lowest BCUT2D eigenvalue weighted by Crippen LogP contribution is -2.30. The Morgan fingerprint density at radius 3 is 2.56 bits per heavy atom. The number of carbonyl (C=O) groups excluding carboxylic acids is 1. The van der Waals surface area contributed by atoms with E-state index in [1.54, 1.807) is 12.1 Å².